The molecule has 0 spiro atoms. The van der Waals surface area contributed by atoms with Crippen molar-refractivity contribution >= 4 is 15.7 Å². The zero-order valence-corrected chi connectivity index (χ0v) is 12.6. The minimum Gasteiger partial charge on any atom is -0.280 e. The van der Waals surface area contributed by atoms with Crippen molar-refractivity contribution in [3.63, 3.8) is 0 Å². The number of hydrogen-bond donors (Lipinski definition) is 1. The van der Waals surface area contributed by atoms with Crippen molar-refractivity contribution in [2.75, 3.05) is 4.72 Å². The van der Waals surface area contributed by atoms with Gasteiger partial charge in [-0.05, 0) is 31.5 Å². The molecule has 21 heavy (non-hydrogen) atoms. The summed E-state index contributed by atoms with van der Waals surface area (Å²) in [6, 6.07) is 8.63. The molecule has 0 amide bonds. The van der Waals surface area contributed by atoms with Gasteiger partial charge in [-0.15, -0.1) is 0 Å². The molecule has 1 aromatic carbocycles. The van der Waals surface area contributed by atoms with Gasteiger partial charge in [0.2, 0.25) is 10.0 Å². The summed E-state index contributed by atoms with van der Waals surface area (Å²) in [5, 5.41) is 12.8. The topological polar surface area (TPSA) is 87.8 Å². The number of anilines is 1. The second-order valence-corrected chi connectivity index (χ2v) is 6.69. The molecule has 1 N–H and O–H groups in total. The fourth-order valence-corrected chi connectivity index (χ4v) is 2.95. The Morgan fingerprint density at radius 3 is 2.52 bits per heavy atom. The SMILES string of the molecule is CC(C)n1cc(NS(=O)(=O)Cc2ccc(C#N)cc2)cn1. The van der Waals surface area contributed by atoms with Gasteiger partial charge in [-0.2, -0.15) is 10.4 Å². The number of benzene rings is 1. The lowest BCUT2D eigenvalue weighted by Gasteiger charge is -2.06. The van der Waals surface area contributed by atoms with Gasteiger partial charge in [0.1, 0.15) is 0 Å². The Hall–Kier alpha value is -2.33. The summed E-state index contributed by atoms with van der Waals surface area (Å²) in [7, 11) is -3.51. The van der Waals surface area contributed by atoms with Crippen molar-refractivity contribution in [3.8, 4) is 6.07 Å². The van der Waals surface area contributed by atoms with Crippen molar-refractivity contribution in [1.29, 1.82) is 5.26 Å². The van der Waals surface area contributed by atoms with Crippen LogP contribution in [0, 0.1) is 11.3 Å². The molecule has 0 aliphatic carbocycles. The molecule has 0 fully saturated rings. The van der Waals surface area contributed by atoms with E-state index < -0.39 is 10.0 Å². The third-order valence-corrected chi connectivity index (χ3v) is 4.10. The monoisotopic (exact) mass is 304 g/mol. The highest BCUT2D eigenvalue weighted by molar-refractivity contribution is 7.91. The molecule has 0 aliphatic heterocycles. The Labute approximate surface area is 124 Å². The van der Waals surface area contributed by atoms with E-state index in [0.29, 0.717) is 16.8 Å². The predicted molar refractivity (Wildman–Crippen MR) is 80.0 cm³/mol. The van der Waals surface area contributed by atoms with Gasteiger partial charge in [-0.1, -0.05) is 12.1 Å². The molecule has 0 aliphatic rings. The molecule has 110 valence electrons. The number of sulfonamides is 1. The molecule has 1 aromatic heterocycles. The lowest BCUT2D eigenvalue weighted by atomic mass is 10.2. The van der Waals surface area contributed by atoms with Gasteiger partial charge in [0, 0.05) is 12.2 Å². The van der Waals surface area contributed by atoms with E-state index in [9.17, 15) is 8.42 Å². The van der Waals surface area contributed by atoms with Crippen LogP contribution in [0.25, 0.3) is 0 Å². The maximum Gasteiger partial charge on any atom is 0.237 e. The van der Waals surface area contributed by atoms with Crippen molar-refractivity contribution in [1.82, 2.24) is 9.78 Å². The largest absolute Gasteiger partial charge is 0.280 e. The number of nitriles is 1. The average Bonchev–Trinajstić information content (AvgIpc) is 2.87. The van der Waals surface area contributed by atoms with Crippen LogP contribution in [0.3, 0.4) is 0 Å². The minimum absolute atomic E-state index is 0.147. The van der Waals surface area contributed by atoms with Gasteiger partial charge in [-0.3, -0.25) is 9.40 Å². The Bertz CT molecular complexity index is 755. The number of nitrogens with one attached hydrogen (secondary N) is 1. The molecule has 0 radical (unpaired) electrons. The van der Waals surface area contributed by atoms with E-state index in [4.69, 9.17) is 5.26 Å². The van der Waals surface area contributed by atoms with Crippen molar-refractivity contribution in [2.24, 2.45) is 0 Å². The molecule has 0 saturated heterocycles. The highest BCUT2D eigenvalue weighted by atomic mass is 32.2. The quantitative estimate of drug-likeness (QED) is 0.918. The van der Waals surface area contributed by atoms with Crippen LogP contribution >= 0.6 is 0 Å². The summed E-state index contributed by atoms with van der Waals surface area (Å²) >= 11 is 0. The summed E-state index contributed by atoms with van der Waals surface area (Å²) in [4.78, 5) is 0. The molecule has 6 nitrogen and oxygen atoms in total. The van der Waals surface area contributed by atoms with E-state index in [0.717, 1.165) is 0 Å². The van der Waals surface area contributed by atoms with E-state index in [1.807, 2.05) is 19.9 Å². The van der Waals surface area contributed by atoms with Crippen molar-refractivity contribution in [3.05, 3.63) is 47.8 Å². The minimum atomic E-state index is -3.51. The molecular formula is C14H16N4O2S. The highest BCUT2D eigenvalue weighted by Crippen LogP contribution is 2.14. The molecule has 0 saturated carbocycles. The maximum atomic E-state index is 12.1. The van der Waals surface area contributed by atoms with Crippen LogP contribution in [0.5, 0.6) is 0 Å². The zero-order chi connectivity index (χ0) is 15.5. The predicted octanol–water partition coefficient (Wildman–Crippen LogP) is 2.28. The van der Waals surface area contributed by atoms with Crippen molar-refractivity contribution in [2.45, 2.75) is 25.6 Å². The number of rotatable bonds is 5. The molecule has 0 bridgehead atoms. The first kappa shape index (κ1) is 15.1. The molecule has 0 unspecified atom stereocenters. The van der Waals surface area contributed by atoms with Gasteiger partial charge in [0.15, 0.2) is 0 Å². The summed E-state index contributed by atoms with van der Waals surface area (Å²) in [6.45, 7) is 3.92. The lowest BCUT2D eigenvalue weighted by molar-refractivity contribution is 0.532. The summed E-state index contributed by atoms with van der Waals surface area (Å²) in [5.74, 6) is -0.147. The van der Waals surface area contributed by atoms with Gasteiger partial charge >= 0.3 is 0 Å². The van der Waals surface area contributed by atoms with E-state index in [1.54, 1.807) is 35.1 Å². The van der Waals surface area contributed by atoms with Crippen LogP contribution in [0.1, 0.15) is 31.0 Å². The molecule has 7 heteroatoms. The third-order valence-electron chi connectivity index (χ3n) is 2.84. The van der Waals surface area contributed by atoms with Crippen LogP contribution in [0.2, 0.25) is 0 Å². The van der Waals surface area contributed by atoms with Crippen LogP contribution in [-0.4, -0.2) is 18.2 Å². The Kier molecular flexibility index (Phi) is 4.29. The third kappa shape index (κ3) is 4.07. The van der Waals surface area contributed by atoms with Crippen LogP contribution in [-0.2, 0) is 15.8 Å². The average molecular weight is 304 g/mol. The number of nitrogens with zero attached hydrogens (tertiary/aromatic N) is 3. The van der Waals surface area contributed by atoms with E-state index in [-0.39, 0.29) is 11.8 Å². The number of hydrogen-bond acceptors (Lipinski definition) is 4. The zero-order valence-electron chi connectivity index (χ0n) is 11.8. The molecule has 1 heterocycles. The Morgan fingerprint density at radius 2 is 2.00 bits per heavy atom. The first-order chi connectivity index (χ1) is 9.89. The molecular weight excluding hydrogens is 288 g/mol. The summed E-state index contributed by atoms with van der Waals surface area (Å²) in [6.07, 6.45) is 3.14. The number of aromatic nitrogens is 2. The van der Waals surface area contributed by atoms with Crippen LogP contribution < -0.4 is 4.72 Å². The summed E-state index contributed by atoms with van der Waals surface area (Å²) in [5.41, 5.74) is 1.57. The summed E-state index contributed by atoms with van der Waals surface area (Å²) < 4.78 is 28.4. The van der Waals surface area contributed by atoms with Crippen molar-refractivity contribution < 1.29 is 8.42 Å². The van der Waals surface area contributed by atoms with Gasteiger partial charge < -0.3 is 0 Å². The highest BCUT2D eigenvalue weighted by Gasteiger charge is 2.13. The van der Waals surface area contributed by atoms with Crippen LogP contribution in [0.4, 0.5) is 5.69 Å². The van der Waals surface area contributed by atoms with Gasteiger partial charge in [0.25, 0.3) is 0 Å². The van der Waals surface area contributed by atoms with E-state index in [2.05, 4.69) is 9.82 Å². The van der Waals surface area contributed by atoms with Gasteiger partial charge in [0.05, 0.1) is 29.3 Å². The smallest absolute Gasteiger partial charge is 0.237 e. The molecule has 0 atom stereocenters. The van der Waals surface area contributed by atoms with Crippen LogP contribution in [0.15, 0.2) is 36.7 Å². The fourth-order valence-electron chi connectivity index (χ4n) is 1.78. The second kappa shape index (κ2) is 5.97. The normalized spacial score (nSPS) is 11.3. The first-order valence-corrected chi connectivity index (χ1v) is 8.08. The first-order valence-electron chi connectivity index (χ1n) is 6.43. The Balaban J connectivity index is 2.08. The molecule has 2 aromatic rings. The van der Waals surface area contributed by atoms with Gasteiger partial charge in [-0.25, -0.2) is 8.42 Å². The lowest BCUT2D eigenvalue weighted by Crippen LogP contribution is -2.14. The second-order valence-electron chi connectivity index (χ2n) is 4.97. The van der Waals surface area contributed by atoms with E-state index >= 15 is 0 Å². The molecule has 2 rings (SSSR count). The maximum absolute atomic E-state index is 12.1. The standard InChI is InChI=1S/C14H16N4O2S/c1-11(2)18-9-14(8-16-18)17-21(19,20)10-13-5-3-12(7-15)4-6-13/h3-6,8-9,11,17H,10H2,1-2H3. The fraction of sp³-hybridized carbons (Fsp3) is 0.286. The Morgan fingerprint density at radius 1 is 1.33 bits per heavy atom. The van der Waals surface area contributed by atoms with E-state index in [1.165, 1.54) is 6.20 Å².